The van der Waals surface area contributed by atoms with Crippen LogP contribution >= 0.6 is 0 Å². The summed E-state index contributed by atoms with van der Waals surface area (Å²) in [4.78, 5) is 12.6. The maximum atomic E-state index is 12.6. The van der Waals surface area contributed by atoms with Gasteiger partial charge in [-0.2, -0.15) is 18.3 Å². The largest absolute Gasteiger partial charge is 0.418 e. The van der Waals surface area contributed by atoms with E-state index in [0.29, 0.717) is 12.6 Å². The van der Waals surface area contributed by atoms with Gasteiger partial charge in [-0.1, -0.05) is 0 Å². The Morgan fingerprint density at radius 3 is 2.67 bits per heavy atom. The molecule has 0 radical (unpaired) electrons. The molecule has 1 aliphatic rings. The van der Waals surface area contributed by atoms with E-state index < -0.39 is 23.5 Å². The van der Waals surface area contributed by atoms with Crippen LogP contribution in [0.4, 0.5) is 17.6 Å². The third kappa shape index (κ3) is 2.87. The fourth-order valence-electron chi connectivity index (χ4n) is 1.82. The van der Waals surface area contributed by atoms with Crippen molar-refractivity contribution in [1.82, 2.24) is 15.1 Å². The van der Waals surface area contributed by atoms with Gasteiger partial charge < -0.3 is 0 Å². The van der Waals surface area contributed by atoms with Crippen LogP contribution < -0.4 is 5.56 Å². The monoisotopic (exact) mass is 265 g/mol. The quantitative estimate of drug-likeness (QED) is 0.829. The molecule has 0 unspecified atom stereocenters. The predicted octanol–water partition coefficient (Wildman–Crippen LogP) is 0.985. The highest BCUT2D eigenvalue weighted by molar-refractivity contribution is 5.21. The highest BCUT2D eigenvalue weighted by Gasteiger charge is 2.35. The van der Waals surface area contributed by atoms with Gasteiger partial charge in [0.1, 0.15) is 6.17 Å². The SMILES string of the molecule is O=c1cc(C(F)(F)F)c(CCN2CC(F)C2)n[nH]1. The molecule has 0 aliphatic carbocycles. The Balaban J connectivity index is 2.09. The molecule has 2 rings (SSSR count). The van der Waals surface area contributed by atoms with Crippen molar-refractivity contribution >= 4 is 0 Å². The summed E-state index contributed by atoms with van der Waals surface area (Å²) in [6.45, 7) is 0.776. The number of H-pyrrole nitrogens is 1. The molecule has 1 aromatic rings. The zero-order valence-corrected chi connectivity index (χ0v) is 9.30. The molecule has 0 spiro atoms. The lowest BCUT2D eigenvalue weighted by atomic mass is 10.1. The van der Waals surface area contributed by atoms with Crippen LogP contribution in [0.2, 0.25) is 0 Å². The lowest BCUT2D eigenvalue weighted by Crippen LogP contribution is -2.49. The van der Waals surface area contributed by atoms with E-state index in [2.05, 4.69) is 5.10 Å². The Morgan fingerprint density at radius 1 is 1.44 bits per heavy atom. The minimum Gasteiger partial charge on any atom is -0.297 e. The molecule has 0 bridgehead atoms. The van der Waals surface area contributed by atoms with Crippen molar-refractivity contribution in [3.05, 3.63) is 27.7 Å². The van der Waals surface area contributed by atoms with Gasteiger partial charge in [0.2, 0.25) is 0 Å². The molecule has 1 aliphatic heterocycles. The van der Waals surface area contributed by atoms with Gasteiger partial charge in [-0.3, -0.25) is 9.69 Å². The summed E-state index contributed by atoms with van der Waals surface area (Å²) < 4.78 is 50.5. The third-order valence-electron chi connectivity index (χ3n) is 2.77. The Kier molecular flexibility index (Phi) is 3.38. The zero-order valence-electron chi connectivity index (χ0n) is 9.30. The number of nitrogens with zero attached hydrogens (tertiary/aromatic N) is 2. The summed E-state index contributed by atoms with van der Waals surface area (Å²) in [5.41, 5.74) is -2.13. The van der Waals surface area contributed by atoms with Crippen LogP contribution in [0.1, 0.15) is 11.3 Å². The summed E-state index contributed by atoms with van der Waals surface area (Å²) >= 11 is 0. The van der Waals surface area contributed by atoms with Crippen LogP contribution in [0, 0.1) is 0 Å². The first kappa shape index (κ1) is 13.0. The molecule has 100 valence electrons. The minimum absolute atomic E-state index is 0.0261. The van der Waals surface area contributed by atoms with E-state index >= 15 is 0 Å². The van der Waals surface area contributed by atoms with Crippen molar-refractivity contribution in [3.63, 3.8) is 0 Å². The molecular weight excluding hydrogens is 254 g/mol. The fraction of sp³-hybridized carbons (Fsp3) is 0.600. The van der Waals surface area contributed by atoms with Gasteiger partial charge in [0.25, 0.3) is 5.56 Å². The number of halogens is 4. The van der Waals surface area contributed by atoms with Gasteiger partial charge in [-0.05, 0) is 0 Å². The number of nitrogens with one attached hydrogen (secondary N) is 1. The summed E-state index contributed by atoms with van der Waals surface area (Å²) in [5.74, 6) is 0. The molecule has 2 heterocycles. The minimum atomic E-state index is -4.60. The summed E-state index contributed by atoms with van der Waals surface area (Å²) in [6, 6.07) is 0.496. The number of hydrogen-bond acceptors (Lipinski definition) is 3. The van der Waals surface area contributed by atoms with Crippen LogP contribution in [0.25, 0.3) is 0 Å². The van der Waals surface area contributed by atoms with Gasteiger partial charge in [0.05, 0.1) is 11.3 Å². The fourth-order valence-corrected chi connectivity index (χ4v) is 1.82. The molecular formula is C10H11F4N3O. The maximum Gasteiger partial charge on any atom is 0.418 e. The number of hydrogen-bond donors (Lipinski definition) is 1. The van der Waals surface area contributed by atoms with E-state index in [9.17, 15) is 22.4 Å². The Labute approximate surface area is 99.6 Å². The van der Waals surface area contributed by atoms with E-state index in [-0.39, 0.29) is 25.2 Å². The van der Waals surface area contributed by atoms with E-state index in [0.717, 1.165) is 0 Å². The highest BCUT2D eigenvalue weighted by Crippen LogP contribution is 2.30. The summed E-state index contributed by atoms with van der Waals surface area (Å²) in [6.07, 6.45) is -5.47. The molecule has 1 N–H and O–H groups in total. The van der Waals surface area contributed by atoms with Crippen molar-refractivity contribution in [2.75, 3.05) is 19.6 Å². The smallest absolute Gasteiger partial charge is 0.297 e. The Bertz CT molecular complexity index is 479. The first-order chi connectivity index (χ1) is 8.36. The van der Waals surface area contributed by atoms with Gasteiger partial charge in [-0.15, -0.1) is 0 Å². The van der Waals surface area contributed by atoms with Gasteiger partial charge >= 0.3 is 6.18 Å². The van der Waals surface area contributed by atoms with Crippen LogP contribution in [0.15, 0.2) is 10.9 Å². The standard InChI is InChI=1S/C10H11F4N3O/c11-6-4-17(5-6)2-1-8-7(10(12,13)14)3-9(18)16-15-8/h3,6H,1-2,4-5H2,(H,16,18). The number of aromatic amines is 1. The topological polar surface area (TPSA) is 49.0 Å². The van der Waals surface area contributed by atoms with Gasteiger partial charge in [0, 0.05) is 32.1 Å². The summed E-state index contributed by atoms with van der Waals surface area (Å²) in [7, 11) is 0. The molecule has 18 heavy (non-hydrogen) atoms. The Hall–Kier alpha value is -1.44. The van der Waals surface area contributed by atoms with E-state index in [1.54, 1.807) is 4.90 Å². The molecule has 0 atom stereocenters. The molecule has 0 aromatic carbocycles. The first-order valence-electron chi connectivity index (χ1n) is 5.38. The lowest BCUT2D eigenvalue weighted by molar-refractivity contribution is -0.138. The lowest BCUT2D eigenvalue weighted by Gasteiger charge is -2.34. The van der Waals surface area contributed by atoms with E-state index in [1.807, 2.05) is 5.10 Å². The number of aromatic nitrogens is 2. The summed E-state index contributed by atoms with van der Waals surface area (Å²) in [5, 5.41) is 5.40. The molecule has 1 aromatic heterocycles. The number of rotatable bonds is 3. The molecule has 4 nitrogen and oxygen atoms in total. The predicted molar refractivity (Wildman–Crippen MR) is 54.9 cm³/mol. The number of alkyl halides is 4. The van der Waals surface area contributed by atoms with Crippen LogP contribution in [-0.4, -0.2) is 40.9 Å². The molecule has 8 heteroatoms. The van der Waals surface area contributed by atoms with Crippen molar-refractivity contribution in [1.29, 1.82) is 0 Å². The van der Waals surface area contributed by atoms with Crippen molar-refractivity contribution in [2.24, 2.45) is 0 Å². The van der Waals surface area contributed by atoms with Crippen LogP contribution in [0.5, 0.6) is 0 Å². The average molecular weight is 265 g/mol. The molecule has 1 saturated heterocycles. The Morgan fingerprint density at radius 2 is 2.11 bits per heavy atom. The van der Waals surface area contributed by atoms with Crippen molar-refractivity contribution in [3.8, 4) is 0 Å². The molecule has 0 amide bonds. The molecule has 1 fully saturated rings. The second-order valence-electron chi connectivity index (χ2n) is 4.20. The van der Waals surface area contributed by atoms with Crippen molar-refractivity contribution in [2.45, 2.75) is 18.8 Å². The second kappa shape index (κ2) is 4.68. The van der Waals surface area contributed by atoms with Crippen molar-refractivity contribution < 1.29 is 17.6 Å². The van der Waals surface area contributed by atoms with Gasteiger partial charge in [-0.25, -0.2) is 9.49 Å². The number of likely N-dealkylation sites (tertiary alicyclic amines) is 1. The van der Waals surface area contributed by atoms with Crippen LogP contribution in [-0.2, 0) is 12.6 Å². The zero-order chi connectivity index (χ0) is 13.3. The maximum absolute atomic E-state index is 12.6. The first-order valence-corrected chi connectivity index (χ1v) is 5.38. The van der Waals surface area contributed by atoms with E-state index in [4.69, 9.17) is 0 Å². The molecule has 0 saturated carbocycles. The third-order valence-corrected chi connectivity index (χ3v) is 2.77. The van der Waals surface area contributed by atoms with Crippen LogP contribution in [0.3, 0.4) is 0 Å². The normalized spacial score (nSPS) is 17.8. The van der Waals surface area contributed by atoms with Gasteiger partial charge in [0.15, 0.2) is 0 Å². The highest BCUT2D eigenvalue weighted by atomic mass is 19.4. The van der Waals surface area contributed by atoms with E-state index in [1.165, 1.54) is 0 Å². The second-order valence-corrected chi connectivity index (χ2v) is 4.20. The average Bonchev–Trinajstić information content (AvgIpc) is 2.23.